The van der Waals surface area contributed by atoms with Crippen molar-refractivity contribution >= 4 is 17.1 Å². The standard InChI is InChI=1S/C14H12N4O2/c1-20-11-7-8(12(15)19)4-5-9(11)13-17-10-3-2-6-16-14(10)18-13/h2-7H,1H3,(H2,15,19)(H,16,17,18). The van der Waals surface area contributed by atoms with Gasteiger partial charge in [-0.15, -0.1) is 0 Å². The highest BCUT2D eigenvalue weighted by Gasteiger charge is 2.13. The molecule has 0 fully saturated rings. The van der Waals surface area contributed by atoms with Crippen molar-refractivity contribution in [2.45, 2.75) is 0 Å². The van der Waals surface area contributed by atoms with Gasteiger partial charge in [0, 0.05) is 11.8 Å². The number of imidazole rings is 1. The monoisotopic (exact) mass is 268 g/mol. The lowest BCUT2D eigenvalue weighted by Crippen LogP contribution is -2.11. The number of H-pyrrole nitrogens is 1. The summed E-state index contributed by atoms with van der Waals surface area (Å²) in [5.41, 5.74) is 7.86. The Hall–Kier alpha value is -2.89. The number of pyridine rings is 1. The summed E-state index contributed by atoms with van der Waals surface area (Å²) in [6.45, 7) is 0. The highest BCUT2D eigenvalue weighted by molar-refractivity contribution is 5.94. The quantitative estimate of drug-likeness (QED) is 0.756. The number of nitrogens with zero attached hydrogens (tertiary/aromatic N) is 2. The number of carbonyl (C=O) groups excluding carboxylic acids is 1. The fraction of sp³-hybridized carbons (Fsp3) is 0.0714. The average molecular weight is 268 g/mol. The van der Waals surface area contributed by atoms with Crippen LogP contribution in [-0.4, -0.2) is 28.0 Å². The Morgan fingerprint density at radius 1 is 1.35 bits per heavy atom. The zero-order valence-corrected chi connectivity index (χ0v) is 10.8. The molecule has 0 aliphatic carbocycles. The molecular formula is C14H12N4O2. The molecule has 0 saturated carbocycles. The Morgan fingerprint density at radius 2 is 2.20 bits per heavy atom. The molecule has 3 N–H and O–H groups in total. The molecule has 1 amide bonds. The lowest BCUT2D eigenvalue weighted by molar-refractivity contribution is 0.1000. The number of aromatic nitrogens is 3. The molecule has 0 bridgehead atoms. The molecule has 2 aromatic heterocycles. The Kier molecular flexibility index (Phi) is 2.83. The molecule has 100 valence electrons. The predicted octanol–water partition coefficient (Wildman–Crippen LogP) is 1.73. The van der Waals surface area contributed by atoms with Crippen molar-refractivity contribution in [1.82, 2.24) is 15.0 Å². The van der Waals surface area contributed by atoms with Crippen molar-refractivity contribution in [3.8, 4) is 17.1 Å². The number of nitrogens with one attached hydrogen (secondary N) is 1. The van der Waals surface area contributed by atoms with Gasteiger partial charge in [0.05, 0.1) is 18.2 Å². The number of hydrogen-bond acceptors (Lipinski definition) is 4. The van der Waals surface area contributed by atoms with Crippen molar-refractivity contribution in [2.24, 2.45) is 5.73 Å². The number of nitrogens with two attached hydrogens (primary N) is 1. The van der Waals surface area contributed by atoms with Crippen LogP contribution in [0, 0.1) is 0 Å². The molecule has 20 heavy (non-hydrogen) atoms. The average Bonchev–Trinajstić information content (AvgIpc) is 2.90. The lowest BCUT2D eigenvalue weighted by Gasteiger charge is -2.07. The van der Waals surface area contributed by atoms with E-state index >= 15 is 0 Å². The SMILES string of the molecule is COc1cc(C(N)=O)ccc1-c1nc2ncccc2[nH]1. The third-order valence-corrected chi connectivity index (χ3v) is 3.00. The molecule has 2 heterocycles. The summed E-state index contributed by atoms with van der Waals surface area (Å²) in [6.07, 6.45) is 1.68. The summed E-state index contributed by atoms with van der Waals surface area (Å²) in [6, 6.07) is 8.70. The first-order valence-corrected chi connectivity index (χ1v) is 5.98. The summed E-state index contributed by atoms with van der Waals surface area (Å²) < 4.78 is 5.30. The number of ether oxygens (including phenoxy) is 1. The normalized spacial score (nSPS) is 10.7. The molecular weight excluding hydrogens is 256 g/mol. The highest BCUT2D eigenvalue weighted by Crippen LogP contribution is 2.29. The first-order chi connectivity index (χ1) is 9.69. The molecule has 1 aromatic carbocycles. The molecule has 0 saturated heterocycles. The molecule has 0 aliphatic rings. The summed E-state index contributed by atoms with van der Waals surface area (Å²) in [4.78, 5) is 22.9. The van der Waals surface area contributed by atoms with Gasteiger partial charge in [0.25, 0.3) is 0 Å². The van der Waals surface area contributed by atoms with Crippen LogP contribution in [0.2, 0.25) is 0 Å². The maximum atomic E-state index is 11.2. The van der Waals surface area contributed by atoms with Crippen LogP contribution >= 0.6 is 0 Å². The van der Waals surface area contributed by atoms with Gasteiger partial charge in [-0.25, -0.2) is 9.97 Å². The lowest BCUT2D eigenvalue weighted by atomic mass is 10.1. The maximum absolute atomic E-state index is 11.2. The summed E-state index contributed by atoms with van der Waals surface area (Å²) in [5.74, 6) is 0.660. The number of rotatable bonds is 3. The summed E-state index contributed by atoms with van der Waals surface area (Å²) in [5, 5.41) is 0. The van der Waals surface area contributed by atoms with Gasteiger partial charge in [0.1, 0.15) is 11.6 Å². The van der Waals surface area contributed by atoms with Crippen molar-refractivity contribution in [2.75, 3.05) is 7.11 Å². The van der Waals surface area contributed by atoms with Gasteiger partial charge in [0.2, 0.25) is 5.91 Å². The van der Waals surface area contributed by atoms with Crippen LogP contribution in [0.1, 0.15) is 10.4 Å². The van der Waals surface area contributed by atoms with E-state index in [9.17, 15) is 4.79 Å². The van der Waals surface area contributed by atoms with E-state index in [0.29, 0.717) is 22.8 Å². The van der Waals surface area contributed by atoms with Crippen molar-refractivity contribution in [3.05, 3.63) is 42.1 Å². The number of methoxy groups -OCH3 is 1. The largest absolute Gasteiger partial charge is 0.496 e. The van der Waals surface area contributed by atoms with Gasteiger partial charge in [-0.2, -0.15) is 0 Å². The molecule has 6 heteroatoms. The van der Waals surface area contributed by atoms with Gasteiger partial charge in [-0.3, -0.25) is 4.79 Å². The smallest absolute Gasteiger partial charge is 0.248 e. The minimum absolute atomic E-state index is 0.389. The number of hydrogen-bond donors (Lipinski definition) is 2. The van der Waals surface area contributed by atoms with E-state index in [4.69, 9.17) is 10.5 Å². The van der Waals surface area contributed by atoms with Crippen molar-refractivity contribution < 1.29 is 9.53 Å². The minimum Gasteiger partial charge on any atom is -0.496 e. The fourth-order valence-corrected chi connectivity index (χ4v) is 2.01. The van der Waals surface area contributed by atoms with E-state index in [1.807, 2.05) is 12.1 Å². The van der Waals surface area contributed by atoms with Crippen LogP contribution in [0.5, 0.6) is 5.75 Å². The van der Waals surface area contributed by atoms with Crippen LogP contribution in [0.15, 0.2) is 36.5 Å². The molecule has 0 atom stereocenters. The molecule has 3 aromatic rings. The van der Waals surface area contributed by atoms with Gasteiger partial charge in [-0.1, -0.05) is 0 Å². The second-order valence-corrected chi connectivity index (χ2v) is 4.24. The Balaban J connectivity index is 2.15. The Labute approximate surface area is 114 Å². The second-order valence-electron chi connectivity index (χ2n) is 4.24. The molecule has 0 unspecified atom stereocenters. The number of benzene rings is 1. The van der Waals surface area contributed by atoms with Crippen molar-refractivity contribution in [3.63, 3.8) is 0 Å². The van der Waals surface area contributed by atoms with E-state index in [1.54, 1.807) is 24.4 Å². The van der Waals surface area contributed by atoms with Gasteiger partial charge in [-0.05, 0) is 30.3 Å². The zero-order valence-electron chi connectivity index (χ0n) is 10.8. The maximum Gasteiger partial charge on any atom is 0.248 e. The van der Waals surface area contributed by atoms with E-state index in [0.717, 1.165) is 11.1 Å². The fourth-order valence-electron chi connectivity index (χ4n) is 2.01. The molecule has 0 spiro atoms. The van der Waals surface area contributed by atoms with Crippen LogP contribution in [-0.2, 0) is 0 Å². The number of aromatic amines is 1. The molecule has 6 nitrogen and oxygen atoms in total. The first-order valence-electron chi connectivity index (χ1n) is 5.98. The second kappa shape index (κ2) is 4.65. The van der Waals surface area contributed by atoms with Crippen molar-refractivity contribution in [1.29, 1.82) is 0 Å². The molecule has 0 aliphatic heterocycles. The predicted molar refractivity (Wildman–Crippen MR) is 74.4 cm³/mol. The Bertz CT molecular complexity index is 762. The van der Waals surface area contributed by atoms with Gasteiger partial charge >= 0.3 is 0 Å². The molecule has 0 radical (unpaired) electrons. The van der Waals surface area contributed by atoms with E-state index in [-0.39, 0.29) is 0 Å². The minimum atomic E-state index is -0.499. The topological polar surface area (TPSA) is 93.9 Å². The van der Waals surface area contributed by atoms with Crippen LogP contribution in [0.3, 0.4) is 0 Å². The number of carbonyl (C=O) groups is 1. The Morgan fingerprint density at radius 3 is 2.90 bits per heavy atom. The van der Waals surface area contributed by atoms with Crippen LogP contribution < -0.4 is 10.5 Å². The summed E-state index contributed by atoms with van der Waals surface area (Å²) in [7, 11) is 1.53. The van der Waals surface area contributed by atoms with Crippen LogP contribution in [0.25, 0.3) is 22.6 Å². The van der Waals surface area contributed by atoms with Gasteiger partial charge in [0.15, 0.2) is 5.65 Å². The zero-order chi connectivity index (χ0) is 14.1. The first kappa shape index (κ1) is 12.2. The third kappa shape index (κ3) is 1.97. The number of primary amides is 1. The third-order valence-electron chi connectivity index (χ3n) is 3.00. The van der Waals surface area contributed by atoms with E-state index in [2.05, 4.69) is 15.0 Å². The number of amides is 1. The van der Waals surface area contributed by atoms with E-state index < -0.39 is 5.91 Å². The van der Waals surface area contributed by atoms with Crippen LogP contribution in [0.4, 0.5) is 0 Å². The molecule has 3 rings (SSSR count). The van der Waals surface area contributed by atoms with E-state index in [1.165, 1.54) is 7.11 Å². The number of fused-ring (bicyclic) bond motifs is 1. The van der Waals surface area contributed by atoms with Gasteiger partial charge < -0.3 is 15.5 Å². The summed E-state index contributed by atoms with van der Waals surface area (Å²) >= 11 is 0. The highest BCUT2D eigenvalue weighted by atomic mass is 16.5.